The van der Waals surface area contributed by atoms with E-state index in [0.29, 0.717) is 18.0 Å². The van der Waals surface area contributed by atoms with Crippen LogP contribution >= 0.6 is 0 Å². The number of methoxy groups -OCH3 is 1. The normalized spacial score (nSPS) is 12.4. The fraction of sp³-hybridized carbons (Fsp3) is 0.600. The van der Waals surface area contributed by atoms with Crippen molar-refractivity contribution in [3.8, 4) is 0 Å². The maximum Gasteiger partial charge on any atom is 0.256 e. The van der Waals surface area contributed by atoms with E-state index in [0.717, 1.165) is 6.42 Å². The average Bonchev–Trinajstić information content (AvgIpc) is 2.57. The smallest absolute Gasteiger partial charge is 0.256 e. The molecule has 0 radical (unpaired) electrons. The zero-order valence-corrected chi connectivity index (χ0v) is 9.86. The summed E-state index contributed by atoms with van der Waals surface area (Å²) < 4.78 is 6.40. The SMILES string of the molecule is COCCC(C)NC(=O)c1cnn(C)c1N. The van der Waals surface area contributed by atoms with Gasteiger partial charge in [-0.15, -0.1) is 0 Å². The molecule has 0 saturated carbocycles. The summed E-state index contributed by atoms with van der Waals surface area (Å²) >= 11 is 0. The van der Waals surface area contributed by atoms with Gasteiger partial charge in [0.2, 0.25) is 0 Å². The van der Waals surface area contributed by atoms with Crippen molar-refractivity contribution in [2.75, 3.05) is 19.5 Å². The Morgan fingerprint density at radius 1 is 1.75 bits per heavy atom. The summed E-state index contributed by atoms with van der Waals surface area (Å²) in [5.41, 5.74) is 6.10. The number of nitrogens with two attached hydrogens (primary N) is 1. The maximum absolute atomic E-state index is 11.8. The minimum absolute atomic E-state index is 0.0482. The van der Waals surface area contributed by atoms with Crippen LogP contribution in [0.3, 0.4) is 0 Å². The number of nitrogens with zero attached hydrogens (tertiary/aromatic N) is 2. The first-order valence-corrected chi connectivity index (χ1v) is 5.13. The number of hydrogen-bond acceptors (Lipinski definition) is 4. The van der Waals surface area contributed by atoms with Crippen LogP contribution in [0.15, 0.2) is 6.20 Å². The Morgan fingerprint density at radius 2 is 2.44 bits per heavy atom. The summed E-state index contributed by atoms with van der Waals surface area (Å²) in [4.78, 5) is 11.8. The predicted octanol–water partition coefficient (Wildman–Crippen LogP) is 0.157. The van der Waals surface area contributed by atoms with E-state index >= 15 is 0 Å². The molecule has 0 aliphatic carbocycles. The van der Waals surface area contributed by atoms with E-state index in [1.165, 1.54) is 10.9 Å². The summed E-state index contributed by atoms with van der Waals surface area (Å²) in [6.45, 7) is 2.54. The lowest BCUT2D eigenvalue weighted by Gasteiger charge is -2.12. The molecular formula is C10H18N4O2. The number of anilines is 1. The Labute approximate surface area is 94.8 Å². The lowest BCUT2D eigenvalue weighted by atomic mass is 10.2. The number of rotatable bonds is 5. The Hall–Kier alpha value is -1.56. The molecule has 1 aromatic rings. The first-order valence-electron chi connectivity index (χ1n) is 5.13. The number of carbonyl (C=O) groups excluding carboxylic acids is 1. The van der Waals surface area contributed by atoms with E-state index in [1.807, 2.05) is 6.92 Å². The Balaban J connectivity index is 2.55. The summed E-state index contributed by atoms with van der Waals surface area (Å²) in [6, 6.07) is 0.0482. The lowest BCUT2D eigenvalue weighted by molar-refractivity contribution is 0.0930. The standard InChI is InChI=1S/C10H18N4O2/c1-7(4-5-16-3)13-10(15)8-6-12-14(2)9(8)11/h6-7H,4-5,11H2,1-3H3,(H,13,15). The Morgan fingerprint density at radius 3 is 2.94 bits per heavy atom. The van der Waals surface area contributed by atoms with Crippen molar-refractivity contribution >= 4 is 11.7 Å². The second-order valence-corrected chi connectivity index (χ2v) is 3.72. The molecule has 1 atom stereocenters. The van der Waals surface area contributed by atoms with Crippen LogP contribution in [0.2, 0.25) is 0 Å². The number of aromatic nitrogens is 2. The van der Waals surface area contributed by atoms with Gasteiger partial charge in [0.05, 0.1) is 6.20 Å². The summed E-state index contributed by atoms with van der Waals surface area (Å²) in [6.07, 6.45) is 2.23. The molecule has 0 fully saturated rings. The molecule has 6 heteroatoms. The molecular weight excluding hydrogens is 208 g/mol. The van der Waals surface area contributed by atoms with Gasteiger partial charge in [0.15, 0.2) is 0 Å². The van der Waals surface area contributed by atoms with Gasteiger partial charge in [-0.05, 0) is 13.3 Å². The van der Waals surface area contributed by atoms with Crippen molar-refractivity contribution in [2.45, 2.75) is 19.4 Å². The first-order chi connectivity index (χ1) is 7.56. The van der Waals surface area contributed by atoms with Crippen LogP contribution in [-0.4, -0.2) is 35.4 Å². The average molecular weight is 226 g/mol. The van der Waals surface area contributed by atoms with Gasteiger partial charge >= 0.3 is 0 Å². The highest BCUT2D eigenvalue weighted by atomic mass is 16.5. The summed E-state index contributed by atoms with van der Waals surface area (Å²) in [5, 5.41) is 6.75. The van der Waals surface area contributed by atoms with Crippen LogP contribution in [0.5, 0.6) is 0 Å². The highest BCUT2D eigenvalue weighted by Gasteiger charge is 2.15. The second kappa shape index (κ2) is 5.50. The van der Waals surface area contributed by atoms with Gasteiger partial charge in [-0.1, -0.05) is 0 Å². The third kappa shape index (κ3) is 2.96. The van der Waals surface area contributed by atoms with Crippen molar-refractivity contribution in [1.82, 2.24) is 15.1 Å². The van der Waals surface area contributed by atoms with Gasteiger partial charge in [-0.25, -0.2) is 0 Å². The molecule has 1 heterocycles. The molecule has 0 aliphatic heterocycles. The molecule has 0 saturated heterocycles. The molecule has 1 rings (SSSR count). The number of nitrogens with one attached hydrogen (secondary N) is 1. The molecule has 1 aromatic heterocycles. The zero-order chi connectivity index (χ0) is 12.1. The highest BCUT2D eigenvalue weighted by molar-refractivity contribution is 5.98. The maximum atomic E-state index is 11.8. The Kier molecular flexibility index (Phi) is 4.30. The quantitative estimate of drug-likeness (QED) is 0.749. The monoisotopic (exact) mass is 226 g/mol. The number of ether oxygens (including phenoxy) is 1. The van der Waals surface area contributed by atoms with E-state index in [9.17, 15) is 4.79 Å². The van der Waals surface area contributed by atoms with E-state index in [-0.39, 0.29) is 11.9 Å². The molecule has 3 N–H and O–H groups in total. The van der Waals surface area contributed by atoms with Crippen LogP contribution in [0, 0.1) is 0 Å². The third-order valence-electron chi connectivity index (χ3n) is 2.36. The van der Waals surface area contributed by atoms with Crippen molar-refractivity contribution < 1.29 is 9.53 Å². The van der Waals surface area contributed by atoms with Crippen molar-refractivity contribution in [3.05, 3.63) is 11.8 Å². The van der Waals surface area contributed by atoms with Gasteiger partial charge < -0.3 is 15.8 Å². The molecule has 90 valence electrons. The molecule has 1 amide bonds. The fourth-order valence-corrected chi connectivity index (χ4v) is 1.29. The molecule has 0 bridgehead atoms. The van der Waals surface area contributed by atoms with Crippen molar-refractivity contribution in [3.63, 3.8) is 0 Å². The van der Waals surface area contributed by atoms with Crippen LogP contribution in [0.1, 0.15) is 23.7 Å². The number of amides is 1. The molecule has 0 spiro atoms. The van der Waals surface area contributed by atoms with Crippen LogP contribution in [0.25, 0.3) is 0 Å². The van der Waals surface area contributed by atoms with Crippen molar-refractivity contribution in [1.29, 1.82) is 0 Å². The fourth-order valence-electron chi connectivity index (χ4n) is 1.29. The number of hydrogen-bond donors (Lipinski definition) is 2. The van der Waals surface area contributed by atoms with Gasteiger partial charge in [0, 0.05) is 26.8 Å². The van der Waals surface area contributed by atoms with Gasteiger partial charge in [-0.3, -0.25) is 9.48 Å². The number of aryl methyl sites for hydroxylation is 1. The number of carbonyl (C=O) groups is 1. The molecule has 0 aliphatic rings. The topological polar surface area (TPSA) is 82.2 Å². The van der Waals surface area contributed by atoms with Crippen LogP contribution in [0.4, 0.5) is 5.82 Å². The molecule has 0 aromatic carbocycles. The van der Waals surface area contributed by atoms with Gasteiger partial charge in [0.25, 0.3) is 5.91 Å². The highest BCUT2D eigenvalue weighted by Crippen LogP contribution is 2.09. The van der Waals surface area contributed by atoms with E-state index < -0.39 is 0 Å². The van der Waals surface area contributed by atoms with E-state index in [1.54, 1.807) is 14.2 Å². The largest absolute Gasteiger partial charge is 0.385 e. The van der Waals surface area contributed by atoms with Crippen molar-refractivity contribution in [2.24, 2.45) is 7.05 Å². The molecule has 1 unspecified atom stereocenters. The van der Waals surface area contributed by atoms with E-state index in [4.69, 9.17) is 10.5 Å². The molecule has 16 heavy (non-hydrogen) atoms. The summed E-state index contributed by atoms with van der Waals surface area (Å²) in [5.74, 6) is 0.172. The second-order valence-electron chi connectivity index (χ2n) is 3.72. The molecule has 6 nitrogen and oxygen atoms in total. The minimum Gasteiger partial charge on any atom is -0.385 e. The summed E-state index contributed by atoms with van der Waals surface area (Å²) in [7, 11) is 3.33. The lowest BCUT2D eigenvalue weighted by Crippen LogP contribution is -2.33. The van der Waals surface area contributed by atoms with Crippen LogP contribution < -0.4 is 11.1 Å². The minimum atomic E-state index is -0.200. The zero-order valence-electron chi connectivity index (χ0n) is 9.86. The van der Waals surface area contributed by atoms with Gasteiger partial charge in [-0.2, -0.15) is 5.10 Å². The van der Waals surface area contributed by atoms with E-state index in [2.05, 4.69) is 10.4 Å². The van der Waals surface area contributed by atoms with Crippen LogP contribution in [-0.2, 0) is 11.8 Å². The third-order valence-corrected chi connectivity index (χ3v) is 2.36. The Bertz CT molecular complexity index is 362. The predicted molar refractivity (Wildman–Crippen MR) is 61.0 cm³/mol. The van der Waals surface area contributed by atoms with Gasteiger partial charge in [0.1, 0.15) is 11.4 Å². The first kappa shape index (κ1) is 12.5. The number of nitrogen functional groups attached to an aromatic ring is 1.